The highest BCUT2D eigenvalue weighted by atomic mass is 16.9. The first-order chi connectivity index (χ1) is 6.31. The Morgan fingerprint density at radius 2 is 1.29 bits per heavy atom. The Kier molecular flexibility index (Phi) is 4.51. The van der Waals surface area contributed by atoms with Crippen LogP contribution in [0.25, 0.3) is 0 Å². The molecule has 0 saturated carbocycles. The molecule has 0 aliphatic carbocycles. The Bertz CT molecular complexity index is 182. The maximum atomic E-state index is 11.6. The molecule has 0 aromatic heterocycles. The van der Waals surface area contributed by atoms with Gasteiger partial charge in [0.05, 0.1) is 0 Å². The summed E-state index contributed by atoms with van der Waals surface area (Å²) in [6.07, 6.45) is 0. The fourth-order valence-electron chi connectivity index (χ4n) is 0.841. The van der Waals surface area contributed by atoms with Crippen molar-refractivity contribution in [3.63, 3.8) is 0 Å². The molecule has 0 spiro atoms. The van der Waals surface area contributed by atoms with Gasteiger partial charge in [-0.3, -0.25) is 0 Å². The molecule has 0 atom stereocenters. The van der Waals surface area contributed by atoms with E-state index >= 15 is 0 Å². The minimum Gasteiger partial charge on any atom is -0.454 e. The Hall–Kier alpha value is -0.650. The lowest BCUT2D eigenvalue weighted by molar-refractivity contribution is -0.341. The van der Waals surface area contributed by atoms with Crippen LogP contribution in [0.4, 0.5) is 0 Å². The van der Waals surface area contributed by atoms with E-state index in [0.717, 1.165) is 0 Å². The van der Waals surface area contributed by atoms with Crippen molar-refractivity contribution in [3.8, 4) is 0 Å². The number of methoxy groups -OCH3 is 3. The van der Waals surface area contributed by atoms with Crippen molar-refractivity contribution in [2.45, 2.75) is 32.3 Å². The van der Waals surface area contributed by atoms with Crippen LogP contribution < -0.4 is 0 Å². The zero-order valence-electron chi connectivity index (χ0n) is 9.54. The zero-order valence-corrected chi connectivity index (χ0v) is 9.54. The van der Waals surface area contributed by atoms with Crippen LogP contribution in [-0.4, -0.2) is 38.9 Å². The molecule has 0 unspecified atom stereocenters. The summed E-state index contributed by atoms with van der Waals surface area (Å²) < 4.78 is 19.5. The van der Waals surface area contributed by atoms with Gasteiger partial charge in [-0.2, -0.15) is 0 Å². The molecule has 0 aromatic rings. The molecule has 0 N–H and O–H groups in total. The fourth-order valence-corrected chi connectivity index (χ4v) is 0.841. The summed E-state index contributed by atoms with van der Waals surface area (Å²) in [5.41, 5.74) is -0.613. The summed E-state index contributed by atoms with van der Waals surface area (Å²) in [6.45, 7) is 5.24. The van der Waals surface area contributed by atoms with Crippen molar-refractivity contribution in [2.75, 3.05) is 21.3 Å². The zero-order chi connectivity index (χ0) is 11.4. The van der Waals surface area contributed by atoms with E-state index in [1.54, 1.807) is 20.8 Å². The smallest absolute Gasteiger partial charge is 0.398 e. The maximum absolute atomic E-state index is 11.6. The SMILES string of the molecule is COC(OC)(OC)C(=O)OC(C)(C)C. The second-order valence-corrected chi connectivity index (χ2v) is 3.67. The number of hydrogen-bond donors (Lipinski definition) is 0. The number of hydrogen-bond acceptors (Lipinski definition) is 5. The third-order valence-corrected chi connectivity index (χ3v) is 1.46. The molecule has 0 aromatic carbocycles. The molecule has 0 aliphatic rings. The Morgan fingerprint density at radius 1 is 0.929 bits per heavy atom. The predicted octanol–water partition coefficient (Wildman–Crippen LogP) is 0.921. The van der Waals surface area contributed by atoms with E-state index in [0.29, 0.717) is 0 Å². The van der Waals surface area contributed by atoms with Crippen LogP contribution in [0.5, 0.6) is 0 Å². The number of carbonyl (C=O) groups excluding carboxylic acids is 1. The third kappa shape index (κ3) is 3.25. The lowest BCUT2D eigenvalue weighted by Gasteiger charge is -2.29. The summed E-state index contributed by atoms with van der Waals surface area (Å²) in [4.78, 5) is 11.6. The Balaban J connectivity index is 4.61. The molecule has 5 heteroatoms. The highest BCUT2D eigenvalue weighted by Gasteiger charge is 2.43. The summed E-state index contributed by atoms with van der Waals surface area (Å²) in [6, 6.07) is 0. The quantitative estimate of drug-likeness (QED) is 0.505. The molecular weight excluding hydrogens is 188 g/mol. The molecule has 84 valence electrons. The molecule has 0 amide bonds. The van der Waals surface area contributed by atoms with Crippen molar-refractivity contribution >= 4 is 5.97 Å². The van der Waals surface area contributed by atoms with Gasteiger partial charge in [-0.25, -0.2) is 4.79 Å². The first kappa shape index (κ1) is 13.4. The molecule has 0 rings (SSSR count). The number of rotatable bonds is 4. The van der Waals surface area contributed by atoms with E-state index in [-0.39, 0.29) is 0 Å². The van der Waals surface area contributed by atoms with Crippen LogP contribution >= 0.6 is 0 Å². The highest BCUT2D eigenvalue weighted by Crippen LogP contribution is 2.18. The van der Waals surface area contributed by atoms with Crippen molar-refractivity contribution in [1.29, 1.82) is 0 Å². The summed E-state index contributed by atoms with van der Waals surface area (Å²) in [5.74, 6) is -2.48. The van der Waals surface area contributed by atoms with Gasteiger partial charge in [-0.1, -0.05) is 0 Å². The van der Waals surface area contributed by atoms with Crippen molar-refractivity contribution < 1.29 is 23.7 Å². The number of carbonyl (C=O) groups is 1. The molecular formula is C9H18O5. The van der Waals surface area contributed by atoms with Gasteiger partial charge in [0.1, 0.15) is 5.60 Å². The van der Waals surface area contributed by atoms with Crippen LogP contribution in [0.3, 0.4) is 0 Å². The van der Waals surface area contributed by atoms with Crippen LogP contribution in [-0.2, 0) is 23.7 Å². The van der Waals surface area contributed by atoms with Gasteiger partial charge < -0.3 is 18.9 Å². The van der Waals surface area contributed by atoms with Gasteiger partial charge >= 0.3 is 11.9 Å². The van der Waals surface area contributed by atoms with E-state index < -0.39 is 17.5 Å². The molecule has 14 heavy (non-hydrogen) atoms. The molecule has 0 radical (unpaired) electrons. The minimum atomic E-state index is -1.77. The summed E-state index contributed by atoms with van der Waals surface area (Å²) >= 11 is 0. The van der Waals surface area contributed by atoms with Crippen LogP contribution in [0.2, 0.25) is 0 Å². The van der Waals surface area contributed by atoms with E-state index in [1.165, 1.54) is 21.3 Å². The lowest BCUT2D eigenvalue weighted by atomic mass is 10.2. The average Bonchev–Trinajstić information content (AvgIpc) is 2.05. The first-order valence-electron chi connectivity index (χ1n) is 4.20. The van der Waals surface area contributed by atoms with E-state index in [9.17, 15) is 4.79 Å². The van der Waals surface area contributed by atoms with E-state index in [4.69, 9.17) is 18.9 Å². The molecule has 0 aliphatic heterocycles. The molecule has 5 nitrogen and oxygen atoms in total. The number of ether oxygens (including phenoxy) is 4. The topological polar surface area (TPSA) is 54.0 Å². The van der Waals surface area contributed by atoms with Crippen LogP contribution in [0.15, 0.2) is 0 Å². The summed E-state index contributed by atoms with van der Waals surface area (Å²) in [5, 5.41) is 0. The second-order valence-electron chi connectivity index (χ2n) is 3.67. The second kappa shape index (κ2) is 4.72. The van der Waals surface area contributed by atoms with E-state index in [1.807, 2.05) is 0 Å². The van der Waals surface area contributed by atoms with Gasteiger partial charge in [-0.15, -0.1) is 0 Å². The van der Waals surface area contributed by atoms with Gasteiger partial charge in [-0.05, 0) is 20.8 Å². The molecule has 0 bridgehead atoms. The fraction of sp³-hybridized carbons (Fsp3) is 0.889. The van der Waals surface area contributed by atoms with Gasteiger partial charge in [0.25, 0.3) is 0 Å². The first-order valence-corrected chi connectivity index (χ1v) is 4.20. The van der Waals surface area contributed by atoms with Gasteiger partial charge in [0.15, 0.2) is 0 Å². The highest BCUT2D eigenvalue weighted by molar-refractivity contribution is 5.76. The predicted molar refractivity (Wildman–Crippen MR) is 49.6 cm³/mol. The van der Waals surface area contributed by atoms with Crippen LogP contribution in [0.1, 0.15) is 20.8 Å². The van der Waals surface area contributed by atoms with Crippen molar-refractivity contribution in [2.24, 2.45) is 0 Å². The Morgan fingerprint density at radius 3 is 1.50 bits per heavy atom. The van der Waals surface area contributed by atoms with Crippen LogP contribution in [0, 0.1) is 0 Å². The summed E-state index contributed by atoms with van der Waals surface area (Å²) in [7, 11) is 3.91. The normalized spacial score (nSPS) is 12.7. The van der Waals surface area contributed by atoms with Gasteiger partial charge in [0, 0.05) is 21.3 Å². The monoisotopic (exact) mass is 206 g/mol. The largest absolute Gasteiger partial charge is 0.454 e. The molecule has 0 saturated heterocycles. The van der Waals surface area contributed by atoms with Gasteiger partial charge in [0.2, 0.25) is 0 Å². The molecule has 0 fully saturated rings. The van der Waals surface area contributed by atoms with Crippen molar-refractivity contribution in [1.82, 2.24) is 0 Å². The lowest BCUT2D eigenvalue weighted by Crippen LogP contribution is -2.48. The molecule has 0 heterocycles. The maximum Gasteiger partial charge on any atom is 0.398 e. The Labute approximate surface area is 84.3 Å². The third-order valence-electron chi connectivity index (χ3n) is 1.46. The average molecular weight is 206 g/mol. The van der Waals surface area contributed by atoms with E-state index in [2.05, 4.69) is 0 Å². The number of esters is 1. The van der Waals surface area contributed by atoms with Crippen molar-refractivity contribution in [3.05, 3.63) is 0 Å². The standard InChI is InChI=1S/C9H18O5/c1-8(2,3)14-7(10)9(11-4,12-5)13-6/h1-6H3. The minimum absolute atomic E-state index is 0.613.